The molecule has 8 nitrogen and oxygen atoms in total. The lowest BCUT2D eigenvalue weighted by Crippen LogP contribution is -2.40. The van der Waals surface area contributed by atoms with Crippen LogP contribution < -0.4 is 5.32 Å². The summed E-state index contributed by atoms with van der Waals surface area (Å²) in [6.07, 6.45) is 8.29. The molecule has 1 unspecified atom stereocenters. The molecule has 0 saturated carbocycles. The van der Waals surface area contributed by atoms with Crippen LogP contribution in [0.1, 0.15) is 58.3 Å². The van der Waals surface area contributed by atoms with Gasteiger partial charge in [-0.2, -0.15) is 10.5 Å². The second-order valence-electron chi connectivity index (χ2n) is 5.08. The minimum absolute atomic E-state index is 0.0601. The smallest absolute Gasteiger partial charge is 0.339 e. The van der Waals surface area contributed by atoms with Crippen LogP contribution in [0, 0.1) is 0 Å². The van der Waals surface area contributed by atoms with Crippen molar-refractivity contribution in [1.82, 2.24) is 5.32 Å². The van der Waals surface area contributed by atoms with Crippen LogP contribution in [0.2, 0.25) is 0 Å². The monoisotopic (exact) mass is 331 g/mol. The lowest BCUT2D eigenvalue weighted by molar-refractivity contribution is -0.237. The summed E-state index contributed by atoms with van der Waals surface area (Å²) < 4.78 is 0. The fourth-order valence-electron chi connectivity index (χ4n) is 1.91. The van der Waals surface area contributed by atoms with E-state index in [-0.39, 0.29) is 19.3 Å². The highest BCUT2D eigenvalue weighted by Crippen LogP contribution is 2.05. The normalized spacial score (nSPS) is 12.0. The van der Waals surface area contributed by atoms with Gasteiger partial charge in [-0.15, -0.1) is 0 Å². The molecule has 3 N–H and O–H groups in total. The van der Waals surface area contributed by atoms with Gasteiger partial charge in [-0.25, -0.2) is 9.59 Å². The van der Waals surface area contributed by atoms with Gasteiger partial charge in [0.25, 0.3) is 0 Å². The van der Waals surface area contributed by atoms with Crippen molar-refractivity contribution in [3.8, 4) is 0 Å². The highest BCUT2D eigenvalue weighted by Gasteiger charge is 2.22. The third-order valence-corrected chi connectivity index (χ3v) is 3.16. The van der Waals surface area contributed by atoms with E-state index >= 15 is 0 Å². The molecule has 0 aromatic rings. The maximum absolute atomic E-state index is 11.7. The van der Waals surface area contributed by atoms with Crippen molar-refractivity contribution >= 4 is 17.8 Å². The van der Waals surface area contributed by atoms with Gasteiger partial charge in [0.15, 0.2) is 0 Å². The Bertz CT molecular complexity index is 395. The Morgan fingerprint density at radius 3 is 2.43 bits per heavy atom. The molecule has 0 aromatic carbocycles. The zero-order valence-electron chi connectivity index (χ0n) is 13.3. The van der Waals surface area contributed by atoms with E-state index in [0.29, 0.717) is 0 Å². The number of unbranched alkanes of at least 4 members (excludes halogenated alkanes) is 4. The first-order valence-corrected chi connectivity index (χ1v) is 7.71. The maximum Gasteiger partial charge on any atom is 0.364 e. The SMILES string of the molecule is CCCCCCC=CC(=O)NC(CCCC(=O)OO)C(=O)OO. The van der Waals surface area contributed by atoms with Gasteiger partial charge >= 0.3 is 11.9 Å². The minimum Gasteiger partial charge on any atom is -0.339 e. The number of allylic oxidation sites excluding steroid dienone is 1. The Hall–Kier alpha value is -1.93. The van der Waals surface area contributed by atoms with Gasteiger partial charge in [-0.05, 0) is 31.8 Å². The third kappa shape index (κ3) is 11.3. The zero-order chi connectivity index (χ0) is 17.5. The van der Waals surface area contributed by atoms with Gasteiger partial charge in [0.1, 0.15) is 6.04 Å². The van der Waals surface area contributed by atoms with Crippen molar-refractivity contribution in [3.05, 3.63) is 12.2 Å². The van der Waals surface area contributed by atoms with Crippen molar-refractivity contribution in [2.75, 3.05) is 0 Å². The number of hydrogen-bond acceptors (Lipinski definition) is 7. The van der Waals surface area contributed by atoms with Gasteiger partial charge in [0.2, 0.25) is 5.91 Å². The van der Waals surface area contributed by atoms with Crippen LogP contribution in [0.5, 0.6) is 0 Å². The first-order chi connectivity index (χ1) is 11.0. The number of hydrogen-bond donors (Lipinski definition) is 3. The van der Waals surface area contributed by atoms with Gasteiger partial charge in [0, 0.05) is 6.42 Å². The summed E-state index contributed by atoms with van der Waals surface area (Å²) in [5.74, 6) is -2.35. The molecule has 132 valence electrons. The van der Waals surface area contributed by atoms with E-state index in [0.717, 1.165) is 32.1 Å². The van der Waals surface area contributed by atoms with Crippen LogP contribution in [-0.4, -0.2) is 34.4 Å². The summed E-state index contributed by atoms with van der Waals surface area (Å²) in [5, 5.41) is 18.9. The van der Waals surface area contributed by atoms with Crippen molar-refractivity contribution in [1.29, 1.82) is 0 Å². The fraction of sp³-hybridized carbons (Fsp3) is 0.667. The van der Waals surface area contributed by atoms with Gasteiger partial charge in [-0.3, -0.25) is 9.68 Å². The summed E-state index contributed by atoms with van der Waals surface area (Å²) in [5.41, 5.74) is 0. The Kier molecular flexibility index (Phi) is 12.6. The van der Waals surface area contributed by atoms with Crippen LogP contribution in [0.25, 0.3) is 0 Å². The summed E-state index contributed by atoms with van der Waals surface area (Å²) in [6, 6.07) is -1.08. The molecule has 0 aliphatic rings. The predicted octanol–water partition coefficient (Wildman–Crippen LogP) is 2.20. The molecular formula is C15H25NO7. The molecule has 23 heavy (non-hydrogen) atoms. The van der Waals surface area contributed by atoms with E-state index in [1.54, 1.807) is 6.08 Å². The molecule has 0 radical (unpaired) electrons. The Morgan fingerprint density at radius 2 is 1.83 bits per heavy atom. The molecule has 0 heterocycles. The largest absolute Gasteiger partial charge is 0.364 e. The first-order valence-electron chi connectivity index (χ1n) is 7.71. The average Bonchev–Trinajstić information content (AvgIpc) is 2.56. The van der Waals surface area contributed by atoms with E-state index in [9.17, 15) is 14.4 Å². The summed E-state index contributed by atoms with van der Waals surface area (Å²) >= 11 is 0. The molecule has 0 saturated heterocycles. The molecule has 0 rings (SSSR count). The summed E-state index contributed by atoms with van der Waals surface area (Å²) in [7, 11) is 0. The molecule has 0 aliphatic heterocycles. The van der Waals surface area contributed by atoms with Crippen LogP contribution in [0.4, 0.5) is 0 Å². The van der Waals surface area contributed by atoms with Gasteiger partial charge in [0.05, 0.1) is 0 Å². The quantitative estimate of drug-likeness (QED) is 0.217. The molecule has 0 aromatic heterocycles. The zero-order valence-corrected chi connectivity index (χ0v) is 13.3. The fourth-order valence-corrected chi connectivity index (χ4v) is 1.91. The molecule has 0 aliphatic carbocycles. The Morgan fingerprint density at radius 1 is 1.09 bits per heavy atom. The first kappa shape index (κ1) is 21.1. The van der Waals surface area contributed by atoms with Crippen LogP contribution in [0.15, 0.2) is 12.2 Å². The standard InChI is InChI=1S/C15H25NO7/c1-2-3-4-5-6-7-10-13(17)16-12(15(19)23-21)9-8-11-14(18)22-20/h7,10,12,20-21H,2-6,8-9,11H2,1H3,(H,16,17). The van der Waals surface area contributed by atoms with E-state index in [1.165, 1.54) is 6.08 Å². The van der Waals surface area contributed by atoms with Crippen molar-refractivity contribution in [2.24, 2.45) is 0 Å². The van der Waals surface area contributed by atoms with E-state index < -0.39 is 23.9 Å². The Labute approximate surface area is 135 Å². The van der Waals surface area contributed by atoms with Crippen molar-refractivity contribution < 1.29 is 34.7 Å². The molecule has 8 heteroatoms. The molecular weight excluding hydrogens is 306 g/mol. The van der Waals surface area contributed by atoms with Gasteiger partial charge < -0.3 is 10.2 Å². The second-order valence-corrected chi connectivity index (χ2v) is 5.08. The molecule has 0 fully saturated rings. The average molecular weight is 331 g/mol. The number of rotatable bonds is 12. The predicted molar refractivity (Wildman–Crippen MR) is 81.1 cm³/mol. The van der Waals surface area contributed by atoms with Gasteiger partial charge in [-0.1, -0.05) is 32.3 Å². The lowest BCUT2D eigenvalue weighted by atomic mass is 10.1. The number of carbonyl (C=O) groups is 3. The topological polar surface area (TPSA) is 122 Å². The summed E-state index contributed by atoms with van der Waals surface area (Å²) in [4.78, 5) is 40.9. The highest BCUT2D eigenvalue weighted by molar-refractivity contribution is 5.91. The number of carbonyl (C=O) groups excluding carboxylic acids is 3. The molecule has 0 bridgehead atoms. The molecule has 1 atom stereocenters. The van der Waals surface area contributed by atoms with Crippen molar-refractivity contribution in [2.45, 2.75) is 64.3 Å². The number of amides is 1. The van der Waals surface area contributed by atoms with Crippen molar-refractivity contribution in [3.63, 3.8) is 0 Å². The van der Waals surface area contributed by atoms with Crippen LogP contribution in [-0.2, 0) is 24.2 Å². The number of nitrogens with one attached hydrogen (secondary N) is 1. The highest BCUT2D eigenvalue weighted by atomic mass is 17.1. The third-order valence-electron chi connectivity index (χ3n) is 3.16. The molecule has 0 spiro atoms. The maximum atomic E-state index is 11.7. The molecule has 1 amide bonds. The van der Waals surface area contributed by atoms with Crippen LogP contribution >= 0.6 is 0 Å². The van der Waals surface area contributed by atoms with E-state index in [4.69, 9.17) is 10.5 Å². The van der Waals surface area contributed by atoms with E-state index in [2.05, 4.69) is 22.0 Å². The van der Waals surface area contributed by atoms with Crippen LogP contribution in [0.3, 0.4) is 0 Å². The second kappa shape index (κ2) is 13.7. The minimum atomic E-state index is -1.08. The van der Waals surface area contributed by atoms with E-state index in [1.807, 2.05) is 0 Å². The lowest BCUT2D eigenvalue weighted by Gasteiger charge is -2.13. The summed E-state index contributed by atoms with van der Waals surface area (Å²) in [6.45, 7) is 2.11. The Balaban J connectivity index is 4.20.